The molecule has 1 aromatic carbocycles. The summed E-state index contributed by atoms with van der Waals surface area (Å²) in [6.07, 6.45) is 2.19. The number of likely N-dealkylation sites (tertiary alicyclic amines) is 1. The van der Waals surface area contributed by atoms with Crippen LogP contribution in [0.15, 0.2) is 24.3 Å². The second-order valence-electron chi connectivity index (χ2n) is 5.46. The van der Waals surface area contributed by atoms with E-state index < -0.39 is 0 Å². The summed E-state index contributed by atoms with van der Waals surface area (Å²) in [5.41, 5.74) is 8.00. The van der Waals surface area contributed by atoms with Crippen LogP contribution in [0, 0.1) is 6.92 Å². The Labute approximate surface area is 121 Å². The summed E-state index contributed by atoms with van der Waals surface area (Å²) in [4.78, 5) is 16.1. The molecule has 110 valence electrons. The summed E-state index contributed by atoms with van der Waals surface area (Å²) in [7, 11) is 0. The number of aryl methyl sites for hydroxylation is 1. The molecular weight excluding hydrogens is 250 g/mol. The molecular formula is C16H25N3O. The van der Waals surface area contributed by atoms with Crippen molar-refractivity contribution in [3.05, 3.63) is 29.8 Å². The van der Waals surface area contributed by atoms with Crippen LogP contribution in [0.5, 0.6) is 0 Å². The molecule has 0 spiro atoms. The number of anilines is 1. The number of hydrogen-bond donors (Lipinski definition) is 1. The van der Waals surface area contributed by atoms with Crippen molar-refractivity contribution in [2.45, 2.75) is 32.7 Å². The Morgan fingerprint density at radius 3 is 2.95 bits per heavy atom. The molecule has 2 N–H and O–H groups in total. The van der Waals surface area contributed by atoms with Gasteiger partial charge in [-0.2, -0.15) is 0 Å². The van der Waals surface area contributed by atoms with Crippen LogP contribution in [0.2, 0.25) is 0 Å². The van der Waals surface area contributed by atoms with Gasteiger partial charge < -0.3 is 15.5 Å². The zero-order valence-electron chi connectivity index (χ0n) is 12.5. The number of nitrogens with two attached hydrogens (primary N) is 1. The van der Waals surface area contributed by atoms with E-state index in [4.69, 9.17) is 5.73 Å². The molecule has 0 saturated carbocycles. The average molecular weight is 275 g/mol. The van der Waals surface area contributed by atoms with Gasteiger partial charge in [-0.05, 0) is 44.4 Å². The van der Waals surface area contributed by atoms with Gasteiger partial charge in [-0.15, -0.1) is 0 Å². The normalized spacial score (nSPS) is 18.9. The van der Waals surface area contributed by atoms with E-state index >= 15 is 0 Å². The van der Waals surface area contributed by atoms with Crippen LogP contribution in [-0.4, -0.2) is 43.0 Å². The van der Waals surface area contributed by atoms with Gasteiger partial charge in [0.05, 0.1) is 6.54 Å². The van der Waals surface area contributed by atoms with E-state index in [9.17, 15) is 4.79 Å². The zero-order chi connectivity index (χ0) is 14.5. The lowest BCUT2D eigenvalue weighted by atomic mass is 10.0. The molecule has 4 heteroatoms. The molecule has 1 unspecified atom stereocenters. The van der Waals surface area contributed by atoms with E-state index in [1.165, 1.54) is 11.3 Å². The first-order chi connectivity index (χ1) is 9.65. The lowest BCUT2D eigenvalue weighted by molar-refractivity contribution is -0.130. The van der Waals surface area contributed by atoms with E-state index in [2.05, 4.69) is 43.0 Å². The highest BCUT2D eigenvalue weighted by molar-refractivity contribution is 5.78. The van der Waals surface area contributed by atoms with Crippen molar-refractivity contribution >= 4 is 11.6 Å². The molecule has 1 aromatic rings. The third kappa shape index (κ3) is 3.31. The summed E-state index contributed by atoms with van der Waals surface area (Å²) in [5.74, 6) is 0.0648. The second-order valence-corrected chi connectivity index (χ2v) is 5.46. The minimum atomic E-state index is 0.0648. The predicted molar refractivity (Wildman–Crippen MR) is 82.9 cm³/mol. The first-order valence-corrected chi connectivity index (χ1v) is 7.46. The van der Waals surface area contributed by atoms with Crippen molar-refractivity contribution in [2.75, 3.05) is 31.1 Å². The Morgan fingerprint density at radius 2 is 2.30 bits per heavy atom. The second kappa shape index (κ2) is 6.75. The SMILES string of the molecule is CCN(c1cccc(C)c1)C1CCCN(C(=O)CN)C1. The summed E-state index contributed by atoms with van der Waals surface area (Å²) < 4.78 is 0. The van der Waals surface area contributed by atoms with E-state index in [1.54, 1.807) is 0 Å². The zero-order valence-corrected chi connectivity index (χ0v) is 12.5. The fraction of sp³-hybridized carbons (Fsp3) is 0.562. The minimum absolute atomic E-state index is 0.0648. The Balaban J connectivity index is 2.13. The van der Waals surface area contributed by atoms with Crippen molar-refractivity contribution < 1.29 is 4.79 Å². The smallest absolute Gasteiger partial charge is 0.236 e. The fourth-order valence-corrected chi connectivity index (χ4v) is 3.02. The first kappa shape index (κ1) is 14.9. The molecule has 1 heterocycles. The summed E-state index contributed by atoms with van der Waals surface area (Å²) >= 11 is 0. The van der Waals surface area contributed by atoms with E-state index in [0.29, 0.717) is 6.04 Å². The van der Waals surface area contributed by atoms with E-state index in [1.807, 2.05) is 4.90 Å². The predicted octanol–water partition coefficient (Wildman–Crippen LogP) is 1.77. The largest absolute Gasteiger partial charge is 0.367 e. The van der Waals surface area contributed by atoms with E-state index in [0.717, 1.165) is 32.5 Å². The lowest BCUT2D eigenvalue weighted by Crippen LogP contribution is -2.51. The van der Waals surface area contributed by atoms with Crippen LogP contribution in [0.1, 0.15) is 25.3 Å². The quantitative estimate of drug-likeness (QED) is 0.911. The molecule has 0 aromatic heterocycles. The average Bonchev–Trinajstić information content (AvgIpc) is 2.47. The van der Waals surface area contributed by atoms with Crippen molar-refractivity contribution in [3.63, 3.8) is 0 Å². The van der Waals surface area contributed by atoms with Gasteiger partial charge in [0.1, 0.15) is 0 Å². The number of rotatable bonds is 4. The highest BCUT2D eigenvalue weighted by Crippen LogP contribution is 2.23. The van der Waals surface area contributed by atoms with Crippen LogP contribution >= 0.6 is 0 Å². The van der Waals surface area contributed by atoms with Gasteiger partial charge in [-0.3, -0.25) is 4.79 Å². The number of carbonyl (C=O) groups is 1. The van der Waals surface area contributed by atoms with Crippen molar-refractivity contribution in [2.24, 2.45) is 5.73 Å². The molecule has 0 aliphatic carbocycles. The number of likely N-dealkylation sites (N-methyl/N-ethyl adjacent to an activating group) is 1. The number of carbonyl (C=O) groups excluding carboxylic acids is 1. The van der Waals surface area contributed by atoms with Crippen LogP contribution in [-0.2, 0) is 4.79 Å². The van der Waals surface area contributed by atoms with Crippen molar-refractivity contribution in [1.29, 1.82) is 0 Å². The molecule has 2 rings (SSSR count). The lowest BCUT2D eigenvalue weighted by Gasteiger charge is -2.40. The third-order valence-electron chi connectivity index (χ3n) is 4.04. The monoisotopic (exact) mass is 275 g/mol. The highest BCUT2D eigenvalue weighted by Gasteiger charge is 2.26. The van der Waals surface area contributed by atoms with Crippen LogP contribution < -0.4 is 10.6 Å². The first-order valence-electron chi connectivity index (χ1n) is 7.46. The maximum absolute atomic E-state index is 11.8. The summed E-state index contributed by atoms with van der Waals surface area (Å²) in [6, 6.07) is 8.97. The van der Waals surface area contributed by atoms with Gasteiger partial charge in [0.2, 0.25) is 5.91 Å². The van der Waals surface area contributed by atoms with Crippen LogP contribution in [0.25, 0.3) is 0 Å². The standard InChI is InChI=1S/C16H25N3O/c1-3-19(14-7-4-6-13(2)10-14)15-8-5-9-18(12-15)16(20)11-17/h4,6-7,10,15H,3,5,8-9,11-12,17H2,1-2H3. The van der Waals surface area contributed by atoms with E-state index in [-0.39, 0.29) is 12.5 Å². The van der Waals surface area contributed by atoms with Gasteiger partial charge in [-0.1, -0.05) is 12.1 Å². The van der Waals surface area contributed by atoms with Crippen molar-refractivity contribution in [1.82, 2.24) is 4.90 Å². The van der Waals surface area contributed by atoms with Crippen LogP contribution in [0.3, 0.4) is 0 Å². The fourth-order valence-electron chi connectivity index (χ4n) is 3.02. The molecule has 1 atom stereocenters. The van der Waals surface area contributed by atoms with Gasteiger partial charge in [-0.25, -0.2) is 0 Å². The molecule has 1 amide bonds. The summed E-state index contributed by atoms with van der Waals surface area (Å²) in [6.45, 7) is 6.99. The Morgan fingerprint density at radius 1 is 1.50 bits per heavy atom. The number of hydrogen-bond acceptors (Lipinski definition) is 3. The molecule has 1 fully saturated rings. The Kier molecular flexibility index (Phi) is 5.01. The molecule has 20 heavy (non-hydrogen) atoms. The number of nitrogens with zero attached hydrogens (tertiary/aromatic N) is 2. The highest BCUT2D eigenvalue weighted by atomic mass is 16.2. The van der Waals surface area contributed by atoms with Gasteiger partial charge in [0.25, 0.3) is 0 Å². The third-order valence-corrected chi connectivity index (χ3v) is 4.04. The molecule has 0 bridgehead atoms. The molecule has 4 nitrogen and oxygen atoms in total. The van der Waals surface area contributed by atoms with Gasteiger partial charge in [0, 0.05) is 31.4 Å². The summed E-state index contributed by atoms with van der Waals surface area (Å²) in [5, 5.41) is 0. The number of amides is 1. The number of benzene rings is 1. The van der Waals surface area contributed by atoms with Gasteiger partial charge in [0.15, 0.2) is 0 Å². The maximum atomic E-state index is 11.8. The maximum Gasteiger partial charge on any atom is 0.236 e. The Hall–Kier alpha value is -1.55. The van der Waals surface area contributed by atoms with Crippen molar-refractivity contribution in [3.8, 4) is 0 Å². The minimum Gasteiger partial charge on any atom is -0.367 e. The Bertz CT molecular complexity index is 461. The number of piperidine rings is 1. The van der Waals surface area contributed by atoms with Gasteiger partial charge >= 0.3 is 0 Å². The molecule has 1 aliphatic heterocycles. The van der Waals surface area contributed by atoms with Crippen LogP contribution in [0.4, 0.5) is 5.69 Å². The topological polar surface area (TPSA) is 49.6 Å². The molecule has 1 aliphatic rings. The molecule has 1 saturated heterocycles. The molecule has 0 radical (unpaired) electrons.